The molecule has 1 aliphatic heterocycles. The van der Waals surface area contributed by atoms with E-state index >= 15 is 0 Å². The molecule has 0 unspecified atom stereocenters. The summed E-state index contributed by atoms with van der Waals surface area (Å²) in [6.07, 6.45) is 2.24. The zero-order chi connectivity index (χ0) is 14.4. The lowest BCUT2D eigenvalue weighted by Gasteiger charge is -2.31. The van der Waals surface area contributed by atoms with E-state index in [4.69, 9.17) is 9.47 Å². The molecule has 0 amide bonds. The molecule has 20 heavy (non-hydrogen) atoms. The van der Waals surface area contributed by atoms with Crippen molar-refractivity contribution in [3.05, 3.63) is 29.3 Å². The van der Waals surface area contributed by atoms with Crippen LogP contribution in [0.25, 0.3) is 0 Å². The van der Waals surface area contributed by atoms with Gasteiger partial charge in [0.1, 0.15) is 5.75 Å². The molecular formula is C16H26N2O2. The third-order valence-corrected chi connectivity index (χ3v) is 3.96. The minimum atomic E-state index is 0.612. The van der Waals surface area contributed by atoms with Crippen LogP contribution in [0.15, 0.2) is 18.2 Å². The van der Waals surface area contributed by atoms with Crippen molar-refractivity contribution in [1.82, 2.24) is 10.2 Å². The Labute approximate surface area is 122 Å². The van der Waals surface area contributed by atoms with Gasteiger partial charge in [0.15, 0.2) is 0 Å². The first-order valence-corrected chi connectivity index (χ1v) is 7.33. The van der Waals surface area contributed by atoms with Crippen LogP contribution in [-0.4, -0.2) is 45.4 Å². The average Bonchev–Trinajstić information content (AvgIpc) is 2.49. The zero-order valence-corrected chi connectivity index (χ0v) is 12.8. The molecule has 0 saturated carbocycles. The number of rotatable bonds is 6. The predicted octanol–water partition coefficient (Wildman–Crippen LogP) is 2.03. The summed E-state index contributed by atoms with van der Waals surface area (Å²) in [5.74, 6) is 0.976. The number of nitrogens with one attached hydrogen (secondary N) is 1. The van der Waals surface area contributed by atoms with Crippen LogP contribution in [0.4, 0.5) is 0 Å². The van der Waals surface area contributed by atoms with Gasteiger partial charge in [-0.3, -0.25) is 4.90 Å². The fourth-order valence-electron chi connectivity index (χ4n) is 2.79. The first-order valence-electron chi connectivity index (χ1n) is 7.33. The molecular weight excluding hydrogens is 252 g/mol. The summed E-state index contributed by atoms with van der Waals surface area (Å²) in [6.45, 7) is 3.57. The van der Waals surface area contributed by atoms with Gasteiger partial charge in [-0.2, -0.15) is 0 Å². The van der Waals surface area contributed by atoms with E-state index < -0.39 is 0 Å². The molecule has 0 bridgehead atoms. The Morgan fingerprint density at radius 1 is 1.35 bits per heavy atom. The average molecular weight is 278 g/mol. The highest BCUT2D eigenvalue weighted by Crippen LogP contribution is 2.23. The van der Waals surface area contributed by atoms with E-state index in [-0.39, 0.29) is 0 Å². The number of nitrogens with zero attached hydrogens (tertiary/aromatic N) is 1. The van der Waals surface area contributed by atoms with Crippen molar-refractivity contribution in [3.63, 3.8) is 0 Å². The lowest BCUT2D eigenvalue weighted by atomic mass is 10.0. The normalized spacial score (nSPS) is 16.6. The topological polar surface area (TPSA) is 33.7 Å². The van der Waals surface area contributed by atoms with Gasteiger partial charge < -0.3 is 14.8 Å². The second-order valence-corrected chi connectivity index (χ2v) is 5.44. The monoisotopic (exact) mass is 278 g/mol. The molecule has 0 radical (unpaired) electrons. The Morgan fingerprint density at radius 2 is 2.10 bits per heavy atom. The van der Waals surface area contributed by atoms with Crippen molar-refractivity contribution in [2.24, 2.45) is 0 Å². The first-order chi connectivity index (χ1) is 9.74. The van der Waals surface area contributed by atoms with Crippen LogP contribution in [0.5, 0.6) is 5.75 Å². The SMILES string of the molecule is CNCc1ccc(OC)c(CN(C)C2CCOCC2)c1. The Hall–Kier alpha value is -1.10. The summed E-state index contributed by atoms with van der Waals surface area (Å²) in [6, 6.07) is 7.04. The molecule has 1 aromatic carbocycles. The van der Waals surface area contributed by atoms with Crippen LogP contribution in [0.2, 0.25) is 0 Å². The number of ether oxygens (including phenoxy) is 2. The summed E-state index contributed by atoms with van der Waals surface area (Å²) < 4.78 is 10.9. The van der Waals surface area contributed by atoms with Crippen LogP contribution < -0.4 is 10.1 Å². The minimum Gasteiger partial charge on any atom is -0.496 e. The maximum Gasteiger partial charge on any atom is 0.123 e. The summed E-state index contributed by atoms with van der Waals surface area (Å²) in [7, 11) is 5.91. The molecule has 1 aliphatic rings. The lowest BCUT2D eigenvalue weighted by Crippen LogP contribution is -2.36. The van der Waals surface area contributed by atoms with E-state index in [0.29, 0.717) is 6.04 Å². The zero-order valence-electron chi connectivity index (χ0n) is 12.8. The quantitative estimate of drug-likeness (QED) is 0.863. The van der Waals surface area contributed by atoms with Crippen molar-refractivity contribution >= 4 is 0 Å². The van der Waals surface area contributed by atoms with Gasteiger partial charge in [-0.25, -0.2) is 0 Å². The number of methoxy groups -OCH3 is 1. The van der Waals surface area contributed by atoms with E-state index in [1.54, 1.807) is 7.11 Å². The fourth-order valence-corrected chi connectivity index (χ4v) is 2.79. The maximum atomic E-state index is 5.49. The molecule has 0 aliphatic carbocycles. The van der Waals surface area contributed by atoms with Crippen molar-refractivity contribution in [2.45, 2.75) is 32.0 Å². The highest BCUT2D eigenvalue weighted by molar-refractivity contribution is 5.37. The van der Waals surface area contributed by atoms with Crippen molar-refractivity contribution in [2.75, 3.05) is 34.4 Å². The molecule has 4 nitrogen and oxygen atoms in total. The molecule has 0 atom stereocenters. The number of hydrogen-bond acceptors (Lipinski definition) is 4. The molecule has 112 valence electrons. The van der Waals surface area contributed by atoms with E-state index in [0.717, 1.165) is 44.9 Å². The second-order valence-electron chi connectivity index (χ2n) is 5.44. The van der Waals surface area contributed by atoms with Gasteiger partial charge in [-0.05, 0) is 44.6 Å². The predicted molar refractivity (Wildman–Crippen MR) is 81.1 cm³/mol. The van der Waals surface area contributed by atoms with Crippen LogP contribution >= 0.6 is 0 Å². The molecule has 0 aromatic heterocycles. The lowest BCUT2D eigenvalue weighted by molar-refractivity contribution is 0.0405. The van der Waals surface area contributed by atoms with Crippen LogP contribution in [0, 0.1) is 0 Å². The highest BCUT2D eigenvalue weighted by atomic mass is 16.5. The van der Waals surface area contributed by atoms with Gasteiger partial charge in [-0.1, -0.05) is 6.07 Å². The van der Waals surface area contributed by atoms with E-state index in [1.165, 1.54) is 11.1 Å². The smallest absolute Gasteiger partial charge is 0.123 e. The van der Waals surface area contributed by atoms with Crippen LogP contribution in [0.3, 0.4) is 0 Å². The van der Waals surface area contributed by atoms with Crippen molar-refractivity contribution in [1.29, 1.82) is 0 Å². The van der Waals surface area contributed by atoms with Gasteiger partial charge in [0.25, 0.3) is 0 Å². The summed E-state index contributed by atoms with van der Waals surface area (Å²) in [4.78, 5) is 2.42. The van der Waals surface area contributed by atoms with Crippen molar-refractivity contribution in [3.8, 4) is 5.75 Å². The van der Waals surface area contributed by atoms with Crippen molar-refractivity contribution < 1.29 is 9.47 Å². The summed E-state index contributed by atoms with van der Waals surface area (Å²) in [5.41, 5.74) is 2.55. The summed E-state index contributed by atoms with van der Waals surface area (Å²) in [5, 5.41) is 3.19. The second kappa shape index (κ2) is 7.62. The number of benzene rings is 1. The molecule has 1 fully saturated rings. The standard InChI is InChI=1S/C16H26N2O2/c1-17-11-13-4-5-16(19-3)14(10-13)12-18(2)15-6-8-20-9-7-15/h4-5,10,15,17H,6-9,11-12H2,1-3H3. The maximum absolute atomic E-state index is 5.49. The van der Waals surface area contributed by atoms with E-state index in [2.05, 4.69) is 35.5 Å². The Bertz CT molecular complexity index is 417. The Morgan fingerprint density at radius 3 is 2.75 bits per heavy atom. The fraction of sp³-hybridized carbons (Fsp3) is 0.625. The van der Waals surface area contributed by atoms with E-state index in [1.807, 2.05) is 7.05 Å². The van der Waals surface area contributed by atoms with Gasteiger partial charge in [-0.15, -0.1) is 0 Å². The van der Waals surface area contributed by atoms with E-state index in [9.17, 15) is 0 Å². The number of hydrogen-bond donors (Lipinski definition) is 1. The third-order valence-electron chi connectivity index (χ3n) is 3.96. The molecule has 4 heteroatoms. The molecule has 2 rings (SSSR count). The largest absolute Gasteiger partial charge is 0.496 e. The van der Waals surface area contributed by atoms with Gasteiger partial charge in [0.2, 0.25) is 0 Å². The Balaban J connectivity index is 2.07. The molecule has 0 spiro atoms. The van der Waals surface area contributed by atoms with Gasteiger partial charge >= 0.3 is 0 Å². The van der Waals surface area contributed by atoms with Gasteiger partial charge in [0, 0.05) is 37.9 Å². The third kappa shape index (κ3) is 3.95. The summed E-state index contributed by atoms with van der Waals surface area (Å²) >= 11 is 0. The molecule has 1 aromatic rings. The van der Waals surface area contributed by atoms with Gasteiger partial charge in [0.05, 0.1) is 7.11 Å². The molecule has 1 saturated heterocycles. The Kier molecular flexibility index (Phi) is 5.83. The van der Waals surface area contributed by atoms with Crippen LogP contribution in [0.1, 0.15) is 24.0 Å². The van der Waals surface area contributed by atoms with Crippen LogP contribution in [-0.2, 0) is 17.8 Å². The minimum absolute atomic E-state index is 0.612. The molecule has 1 heterocycles. The first kappa shape index (κ1) is 15.3. The molecule has 1 N–H and O–H groups in total. The highest BCUT2D eigenvalue weighted by Gasteiger charge is 2.19.